The highest BCUT2D eigenvalue weighted by atomic mass is 35.5. The second-order valence-corrected chi connectivity index (χ2v) is 34.0. The molecule has 0 fully saturated rings. The van der Waals surface area contributed by atoms with Crippen molar-refractivity contribution in [2.45, 2.75) is 0 Å². The van der Waals surface area contributed by atoms with Crippen molar-refractivity contribution in [2.24, 2.45) is 5.18 Å². The van der Waals surface area contributed by atoms with Gasteiger partial charge in [0.25, 0.3) is 0 Å². The second-order valence-electron chi connectivity index (χ2n) is 33.3. The fourth-order valence-electron chi connectivity index (χ4n) is 17.2. The molecular weight excluding hydrogens is 1840 g/mol. The van der Waals surface area contributed by atoms with Crippen molar-refractivity contribution in [3.05, 3.63) is 415 Å². The number of pyridine rings is 8. The summed E-state index contributed by atoms with van der Waals surface area (Å²) in [5.41, 5.74) is 66.8. The molecule has 26 aromatic rings. The molecule has 0 saturated carbocycles. The molecule has 0 aliphatic heterocycles. The molecule has 26 rings (SSSR count). The summed E-state index contributed by atoms with van der Waals surface area (Å²) >= 11 is 12.9. The van der Waals surface area contributed by atoms with Crippen LogP contribution < -0.4 is 54.3 Å². The molecule has 0 saturated heterocycles. The number of hydrogen-bond donors (Lipinski definition) is 8. The zero-order valence-electron chi connectivity index (χ0n) is 77.4. The van der Waals surface area contributed by atoms with Crippen molar-refractivity contribution in [1.29, 1.82) is 0 Å². The summed E-state index contributed by atoms with van der Waals surface area (Å²) in [5, 5.41) is 29.2. The number of phenolic OH excluding ortho intramolecular Hbond substituents is 1. The Balaban J connectivity index is 0.000000108. The van der Waals surface area contributed by atoms with Crippen molar-refractivity contribution in [3.63, 3.8) is 0 Å². The van der Waals surface area contributed by atoms with Crippen LogP contribution in [0, 0.1) is 4.91 Å². The van der Waals surface area contributed by atoms with E-state index in [1.165, 1.54) is 11.1 Å². The number of anilines is 7. The van der Waals surface area contributed by atoms with Gasteiger partial charge in [-0.25, -0.2) is 39.9 Å². The minimum absolute atomic E-state index is 0. The molecule has 24 heteroatoms. The van der Waals surface area contributed by atoms with E-state index in [9.17, 15) is 10.0 Å². The first-order valence-electron chi connectivity index (χ1n) is 45.3. The molecule has 8 heterocycles. The highest BCUT2D eigenvalue weighted by Crippen LogP contribution is 2.40. The van der Waals surface area contributed by atoms with Crippen molar-refractivity contribution in [1.82, 2.24) is 39.9 Å². The number of rotatable bonds is 6. The number of benzene rings is 18. The molecule has 18 aromatic carbocycles. The molecule has 0 atom stereocenters. The number of ether oxygens (including phenoxy) is 3. The van der Waals surface area contributed by atoms with E-state index in [1.807, 2.05) is 303 Å². The third-order valence-electron chi connectivity index (χ3n) is 24.5. The minimum atomic E-state index is 0. The SMILES string of the molecule is COc1ccc2c(Cl)c3ccccc3nc2c1.COc1ccc2c(N)c3ccccc3nc2c1.COc1ccc2c(N)c3ccccc3nc2c1.Cl.Clc1c2ccccc2nc2cc(-c3ccccc3)ccc12.Nc1c2ccccc2nc2cc(-c3ccccc3)ccc12.Nc1c2ccccc2nc2cc(N=O)ccc12.Nc1c2ccccc2nc2cc(O)ccc12.Nc1ccc2c(N)c3ccccc3nc2c1. The molecule has 0 aliphatic rings. The zero-order valence-corrected chi connectivity index (χ0v) is 79.7. The number of para-hydroxylation sites is 8. The predicted octanol–water partition coefficient (Wildman–Crippen LogP) is 29.4. The number of hydrogen-bond acceptors (Lipinski definition) is 21. The molecule has 0 amide bonds. The van der Waals surface area contributed by atoms with E-state index in [2.05, 4.69) is 95.7 Å². The van der Waals surface area contributed by atoms with E-state index in [4.69, 9.17) is 87.5 Å². The van der Waals surface area contributed by atoms with Crippen molar-refractivity contribution in [2.75, 3.05) is 61.5 Å². The Bertz CT molecular complexity index is 8770. The van der Waals surface area contributed by atoms with E-state index in [-0.39, 0.29) is 18.2 Å². The summed E-state index contributed by atoms with van der Waals surface area (Å²) in [7, 11) is 4.93. The number of nitroso groups, excluding NO2 is 1. The number of nitrogen functional groups attached to an aromatic ring is 7. The Morgan fingerprint density at radius 2 is 0.434 bits per heavy atom. The Kier molecular flexibility index (Phi) is 28.1. The van der Waals surface area contributed by atoms with Crippen molar-refractivity contribution in [3.8, 4) is 45.3 Å². The molecule has 0 radical (unpaired) electrons. The summed E-state index contributed by atoms with van der Waals surface area (Å²) in [5.74, 6) is 2.57. The van der Waals surface area contributed by atoms with E-state index in [0.29, 0.717) is 28.3 Å². The summed E-state index contributed by atoms with van der Waals surface area (Å²) in [6, 6.07) is 129. The third-order valence-corrected chi connectivity index (χ3v) is 25.3. The molecule has 0 unspecified atom stereocenters. The Morgan fingerprint density at radius 1 is 0.217 bits per heavy atom. The number of phenols is 1. The number of halogens is 3. The maximum absolute atomic E-state index is 10.5. The van der Waals surface area contributed by atoms with Gasteiger partial charge in [0.05, 0.1) is 154 Å². The standard InChI is InChI=1S/C19H12ClN.C19H14N2.C14H10ClNO.2C14H12N2O.C13H9N3O.C13H11N3.C13H10N2O.ClH/c2*20-19-15-8-4-5-9-17(15)21-18-12-14(10-11-16(18)19)13-6-2-1-3-7-13;3*1-17-9-6-7-11-13(8-9)16-12-5-3-2-4-10(12)14(11)15;14-13-9-3-1-2-4-11(9)15-12-7-8(16-17)5-6-10(12)13;14-8-5-6-10-12(7-8)16-11-4-2-1-3-9(11)13(10)15;14-13-9-3-1-2-4-11(9)15-12-7-8(16)5-6-10(12)13;/h1-12H;1-12H,(H2,20,21);2-8H,1H3;2*2-8H,1H3,(H2,15,16);1-7H,(H2,14,15);1-7H,14H2,(H2,15,16);1-7,16H,(H2,14,15);1H. The maximum atomic E-state index is 10.5. The van der Waals surface area contributed by atoms with Gasteiger partial charge in [0, 0.05) is 116 Å². The Morgan fingerprint density at radius 3 is 0.762 bits per heavy atom. The van der Waals surface area contributed by atoms with Gasteiger partial charge in [-0.3, -0.25) is 0 Å². The topological polar surface area (TPSA) is 363 Å². The van der Waals surface area contributed by atoms with Crippen LogP contribution >= 0.6 is 35.6 Å². The molecule has 0 bridgehead atoms. The number of aromatic hydroxyl groups is 1. The summed E-state index contributed by atoms with van der Waals surface area (Å²) < 4.78 is 15.6. The summed E-state index contributed by atoms with van der Waals surface area (Å²) in [4.78, 5) is 47.2. The smallest absolute Gasteiger partial charge is 0.121 e. The molecule has 0 spiro atoms. The molecule has 698 valence electrons. The average Bonchev–Trinajstić information content (AvgIpc) is 0.819. The summed E-state index contributed by atoms with van der Waals surface area (Å²) in [6.45, 7) is 0. The zero-order chi connectivity index (χ0) is 98.0. The fourth-order valence-corrected chi connectivity index (χ4v) is 17.9. The third kappa shape index (κ3) is 20.1. The van der Waals surface area contributed by atoms with Gasteiger partial charge in [-0.1, -0.05) is 254 Å². The summed E-state index contributed by atoms with van der Waals surface area (Å²) in [6.07, 6.45) is 0. The van der Waals surface area contributed by atoms with Gasteiger partial charge in [-0.05, 0) is 173 Å². The maximum Gasteiger partial charge on any atom is 0.121 e. The van der Waals surface area contributed by atoms with Crippen LogP contribution in [-0.4, -0.2) is 66.3 Å². The average molecular weight is 1930 g/mol. The number of aromatic nitrogens is 8. The van der Waals surface area contributed by atoms with Crippen LogP contribution in [0.1, 0.15) is 0 Å². The lowest BCUT2D eigenvalue weighted by molar-refractivity contribution is 0.415. The second kappa shape index (κ2) is 42.3. The first-order chi connectivity index (χ1) is 69.3. The van der Waals surface area contributed by atoms with E-state index in [1.54, 1.807) is 57.7 Å². The van der Waals surface area contributed by atoms with Gasteiger partial charge in [-0.15, -0.1) is 17.3 Å². The highest BCUT2D eigenvalue weighted by Gasteiger charge is 2.17. The van der Waals surface area contributed by atoms with Crippen LogP contribution in [0.4, 0.5) is 45.5 Å². The van der Waals surface area contributed by atoms with Gasteiger partial charge in [0.2, 0.25) is 0 Å². The molecule has 15 N–H and O–H groups in total. The first-order valence-corrected chi connectivity index (χ1v) is 46.0. The highest BCUT2D eigenvalue weighted by molar-refractivity contribution is 6.41. The van der Waals surface area contributed by atoms with Gasteiger partial charge in [0.15, 0.2) is 0 Å². The molecule has 8 aromatic heterocycles. The van der Waals surface area contributed by atoms with Crippen LogP contribution in [0.3, 0.4) is 0 Å². The molecular formula is C119H91Cl3N16O5. The van der Waals surface area contributed by atoms with Crippen LogP contribution in [0.5, 0.6) is 23.0 Å². The van der Waals surface area contributed by atoms with Crippen molar-refractivity contribution >= 4 is 256 Å². The fraction of sp³-hybridized carbons (Fsp3) is 0.0252. The molecule has 0 aliphatic carbocycles. The number of nitrogens with two attached hydrogens (primary N) is 7. The molecule has 143 heavy (non-hydrogen) atoms. The van der Waals surface area contributed by atoms with Crippen LogP contribution in [-0.2, 0) is 0 Å². The van der Waals surface area contributed by atoms with Crippen LogP contribution in [0.2, 0.25) is 10.0 Å². The van der Waals surface area contributed by atoms with Crippen molar-refractivity contribution < 1.29 is 19.3 Å². The largest absolute Gasteiger partial charge is 0.508 e. The minimum Gasteiger partial charge on any atom is -0.508 e. The normalized spacial score (nSPS) is 10.9. The lowest BCUT2D eigenvalue weighted by atomic mass is 10.0. The lowest BCUT2D eigenvalue weighted by Crippen LogP contribution is -1.93. The van der Waals surface area contributed by atoms with E-state index >= 15 is 0 Å². The number of nitrogens with zero attached hydrogens (tertiary/aromatic N) is 9. The Labute approximate surface area is 836 Å². The van der Waals surface area contributed by atoms with E-state index < -0.39 is 0 Å². The first kappa shape index (κ1) is 94.9. The Hall–Kier alpha value is -18.4. The van der Waals surface area contributed by atoms with Gasteiger partial charge in [0.1, 0.15) is 28.7 Å². The van der Waals surface area contributed by atoms with Gasteiger partial charge in [-0.2, -0.15) is 0 Å². The lowest BCUT2D eigenvalue weighted by Gasteiger charge is -2.08. The van der Waals surface area contributed by atoms with Gasteiger partial charge >= 0.3 is 0 Å². The van der Waals surface area contributed by atoms with E-state index in [0.717, 1.165) is 230 Å². The van der Waals surface area contributed by atoms with Gasteiger partial charge < -0.3 is 59.5 Å². The van der Waals surface area contributed by atoms with Crippen LogP contribution in [0.25, 0.3) is 197 Å². The number of fused-ring (bicyclic) bond motifs is 16. The number of methoxy groups -OCH3 is 3. The predicted molar refractivity (Wildman–Crippen MR) is 600 cm³/mol. The molecule has 21 nitrogen and oxygen atoms in total. The monoisotopic (exact) mass is 1930 g/mol. The quantitative estimate of drug-likeness (QED) is 0.0435. The van der Waals surface area contributed by atoms with Crippen LogP contribution in [0.15, 0.2) is 406 Å².